The lowest BCUT2D eigenvalue weighted by Gasteiger charge is -2.14. The third-order valence-electron chi connectivity index (χ3n) is 24.3. The smallest absolute Gasteiger partial charge is 0.174 e. The molecule has 0 radical (unpaired) electrons. The molecule has 0 aliphatic carbocycles. The largest absolute Gasteiger partial charge is 0.313 e. The van der Waals surface area contributed by atoms with Gasteiger partial charge in [-0.3, -0.25) is 24.9 Å². The van der Waals surface area contributed by atoms with Crippen LogP contribution in [0.5, 0.6) is 0 Å². The molecule has 0 unspecified atom stereocenters. The maximum absolute atomic E-state index is 15.8. The van der Waals surface area contributed by atoms with E-state index >= 15 is 22.0 Å². The second-order valence-electron chi connectivity index (χ2n) is 33.1. The zero-order valence-corrected chi connectivity index (χ0v) is 73.6. The van der Waals surface area contributed by atoms with E-state index in [1.54, 1.807) is 62.0 Å². The van der Waals surface area contributed by atoms with Crippen LogP contribution in [-0.2, 0) is 0 Å². The predicted octanol–water partition coefficient (Wildman–Crippen LogP) is 28.4. The number of rotatable bonds is 10. The van der Waals surface area contributed by atoms with Crippen molar-refractivity contribution >= 4 is 109 Å². The van der Waals surface area contributed by atoms with Crippen molar-refractivity contribution in [1.82, 2.24) is 72.7 Å². The molecule has 135 heavy (non-hydrogen) atoms. The van der Waals surface area contributed by atoms with Crippen LogP contribution < -0.4 is 0 Å². The van der Waals surface area contributed by atoms with Gasteiger partial charge in [-0.2, -0.15) is 0 Å². The summed E-state index contributed by atoms with van der Waals surface area (Å²) in [5, 5.41) is 8.73. The van der Waals surface area contributed by atoms with Crippen molar-refractivity contribution in [3.63, 3.8) is 0 Å². The Bertz CT molecular complexity index is 8010. The van der Waals surface area contributed by atoms with Gasteiger partial charge in [-0.15, -0.1) is 0 Å². The van der Waals surface area contributed by atoms with Gasteiger partial charge in [0.25, 0.3) is 0 Å². The number of para-hydroxylation sites is 5. The van der Waals surface area contributed by atoms with Crippen LogP contribution in [0.1, 0.15) is 27.8 Å². The second kappa shape index (κ2) is 36.0. The van der Waals surface area contributed by atoms with Crippen LogP contribution in [0, 0.1) is 63.7 Å². The number of pyridine rings is 10. The molecule has 0 N–H and O–H groups in total. The maximum atomic E-state index is 15.8. The van der Waals surface area contributed by atoms with Gasteiger partial charge in [0.1, 0.15) is 28.5 Å². The molecule has 0 fully saturated rings. The highest BCUT2D eigenvalue weighted by Gasteiger charge is 2.27. The van der Waals surface area contributed by atoms with Crippen LogP contribution in [-0.4, -0.2) is 72.7 Å². The van der Waals surface area contributed by atoms with Crippen LogP contribution in [0.25, 0.3) is 194 Å². The lowest BCUT2D eigenvalue weighted by atomic mass is 10.0. The monoisotopic (exact) mass is 1770 g/mol. The average Bonchev–Trinajstić information content (AvgIpc) is 1.74. The molecule has 0 aliphatic heterocycles. The summed E-state index contributed by atoms with van der Waals surface area (Å²) < 4.78 is 88.4. The van der Waals surface area contributed by atoms with Crippen molar-refractivity contribution < 1.29 is 22.0 Å². The zero-order chi connectivity index (χ0) is 91.9. The Hall–Kier alpha value is -17.7. The van der Waals surface area contributed by atoms with Crippen molar-refractivity contribution in [2.24, 2.45) is 0 Å². The van der Waals surface area contributed by atoms with E-state index < -0.39 is 0 Å². The normalized spacial score (nSPS) is 11.3. The molecule has 0 bridgehead atoms. The SMILES string of the molecule is Cc1ccc(-c2nc3ccccc3c(-n3ccc4cnccc43)c2F)cc1.Cc1ccc(-c2nc3ccccc3c(-n3ccc4cnccc43)c2F)cc1.Cc1ccc(-c2nc3ccccc3c(-n3ccc4cnccc43)c2F)cc1.Cc1ccc(-c2nc3ccccc3c(-n3ccc4cnccc43)c2F)cc1.Cc1cccc(-c2nc3ccccc3c(-n3ccc4cnccc43)c2F)c1. The van der Waals surface area contributed by atoms with Crippen LogP contribution in [0.2, 0.25) is 0 Å². The van der Waals surface area contributed by atoms with E-state index in [0.29, 0.717) is 56.9 Å². The van der Waals surface area contributed by atoms with E-state index in [1.165, 1.54) is 0 Å². The highest BCUT2D eigenvalue weighted by molar-refractivity contribution is 5.99. The standard InChI is InChI=1S/5C23H16FN3/c1-15-5-4-6-16(13-15)22-21(24)23(18-7-2-3-8-19(18)26-22)27-12-10-17-14-25-11-9-20(17)27;4*1-15-6-8-16(9-7-15)22-21(24)23(18-4-2-3-5-19(18)26-22)27-13-11-17-14-25-12-10-20(17)27/h5*2-14H,1H3. The van der Waals surface area contributed by atoms with Crippen molar-refractivity contribution in [1.29, 1.82) is 0 Å². The maximum Gasteiger partial charge on any atom is 0.174 e. The molecule has 15 aromatic heterocycles. The zero-order valence-electron chi connectivity index (χ0n) is 73.6. The van der Waals surface area contributed by atoms with Crippen molar-refractivity contribution in [3.8, 4) is 84.7 Å². The van der Waals surface area contributed by atoms with E-state index in [4.69, 9.17) is 0 Å². The molecule has 0 atom stereocenters. The van der Waals surface area contributed by atoms with Gasteiger partial charge >= 0.3 is 0 Å². The molecule has 650 valence electrons. The van der Waals surface area contributed by atoms with Gasteiger partial charge < -0.3 is 22.8 Å². The molecule has 20 heteroatoms. The second-order valence-corrected chi connectivity index (χ2v) is 33.1. The number of fused-ring (bicyclic) bond motifs is 10. The molecule has 0 saturated carbocycles. The van der Waals surface area contributed by atoms with Crippen molar-refractivity contribution in [2.75, 3.05) is 0 Å². The average molecular weight is 1770 g/mol. The number of aromatic nitrogens is 15. The summed E-state index contributed by atoms with van der Waals surface area (Å²) in [7, 11) is 0. The van der Waals surface area contributed by atoms with E-state index in [1.807, 2.05) is 392 Å². The molecule has 15 nitrogen and oxygen atoms in total. The third kappa shape index (κ3) is 16.1. The summed E-state index contributed by atoms with van der Waals surface area (Å²) in [5.41, 5.74) is 22.2. The van der Waals surface area contributed by atoms with Crippen LogP contribution in [0.3, 0.4) is 0 Å². The number of hydrogen-bond donors (Lipinski definition) is 0. The highest BCUT2D eigenvalue weighted by atomic mass is 19.1. The number of halogens is 5. The number of hydrogen-bond acceptors (Lipinski definition) is 10. The molecular formula is C115H80F5N15. The number of benzene rings is 10. The minimum Gasteiger partial charge on any atom is -0.313 e. The highest BCUT2D eigenvalue weighted by Crippen LogP contribution is 2.42. The summed E-state index contributed by atoms with van der Waals surface area (Å²) in [6.07, 6.45) is 27.0. The molecule has 0 saturated heterocycles. The molecule has 10 aromatic carbocycles. The lowest BCUT2D eigenvalue weighted by molar-refractivity contribution is 0.620. The van der Waals surface area contributed by atoms with Gasteiger partial charge in [0, 0.05) is 175 Å². The Balaban J connectivity index is 0.000000101. The Labute approximate surface area is 771 Å². The number of aryl methyl sites for hydroxylation is 5. The van der Waals surface area contributed by atoms with Crippen LogP contribution >= 0.6 is 0 Å². The Kier molecular flexibility index (Phi) is 22.5. The van der Waals surface area contributed by atoms with E-state index in [9.17, 15) is 0 Å². The molecule has 0 spiro atoms. The topological polar surface area (TPSA) is 154 Å². The molecule has 0 aliphatic rings. The minimum atomic E-state index is -0.327. The van der Waals surface area contributed by atoms with E-state index in [2.05, 4.69) is 49.8 Å². The molecule has 0 amide bonds. The summed E-state index contributed by atoms with van der Waals surface area (Å²) in [5.74, 6) is -1.63. The fraction of sp³-hybridized carbons (Fsp3) is 0.0435. The first-order valence-electron chi connectivity index (χ1n) is 43.9. The van der Waals surface area contributed by atoms with Gasteiger partial charge in [-0.05, 0) is 132 Å². The lowest BCUT2D eigenvalue weighted by Crippen LogP contribution is -2.02. The van der Waals surface area contributed by atoms with Crippen molar-refractivity contribution in [2.45, 2.75) is 34.6 Å². The first kappa shape index (κ1) is 84.2. The number of nitrogens with zero attached hydrogens (tertiary/aromatic N) is 15. The Morgan fingerprint density at radius 2 is 0.400 bits per heavy atom. The third-order valence-corrected chi connectivity index (χ3v) is 24.3. The van der Waals surface area contributed by atoms with Gasteiger partial charge in [-0.25, -0.2) is 46.9 Å². The Morgan fingerprint density at radius 1 is 0.193 bits per heavy atom. The molecular weight excluding hydrogens is 1690 g/mol. The van der Waals surface area contributed by atoms with Gasteiger partial charge in [0.05, 0.1) is 83.6 Å². The van der Waals surface area contributed by atoms with Gasteiger partial charge in [0.15, 0.2) is 29.1 Å². The Morgan fingerprint density at radius 3 is 0.615 bits per heavy atom. The summed E-state index contributed by atoms with van der Waals surface area (Å²) in [6.45, 7) is 10.0. The molecule has 15 heterocycles. The summed E-state index contributed by atoms with van der Waals surface area (Å²) >= 11 is 0. The van der Waals surface area contributed by atoms with Gasteiger partial charge in [-0.1, -0.05) is 234 Å². The van der Waals surface area contributed by atoms with E-state index in [0.717, 1.165) is 165 Å². The minimum absolute atomic E-state index is 0.325. The van der Waals surface area contributed by atoms with Crippen LogP contribution in [0.15, 0.2) is 396 Å². The molecule has 25 rings (SSSR count). The molecule has 25 aromatic rings. The quantitative estimate of drug-likeness (QED) is 0.121. The summed E-state index contributed by atoms with van der Waals surface area (Å²) in [4.78, 5) is 43.9. The van der Waals surface area contributed by atoms with Crippen LogP contribution in [0.4, 0.5) is 22.0 Å². The van der Waals surface area contributed by atoms with Crippen molar-refractivity contribution in [3.05, 3.63) is 453 Å². The first-order valence-corrected chi connectivity index (χ1v) is 43.9. The summed E-state index contributed by atoms with van der Waals surface area (Å²) in [6, 6.07) is 96.4. The predicted molar refractivity (Wildman–Crippen MR) is 533 cm³/mol. The van der Waals surface area contributed by atoms with Gasteiger partial charge in [0.2, 0.25) is 0 Å². The fourth-order valence-electron chi connectivity index (χ4n) is 17.5. The first-order chi connectivity index (χ1) is 66.1. The van der Waals surface area contributed by atoms with E-state index in [-0.39, 0.29) is 29.1 Å². The fourth-order valence-corrected chi connectivity index (χ4v) is 17.5.